The molecule has 2 aromatic heterocycles. The molecule has 0 amide bonds. The number of rotatable bonds is 1. The van der Waals surface area contributed by atoms with E-state index in [9.17, 15) is 5.21 Å². The van der Waals surface area contributed by atoms with Gasteiger partial charge in [0.2, 0.25) is 0 Å². The first-order valence-corrected chi connectivity index (χ1v) is 5.46. The Kier molecular flexibility index (Phi) is 2.23. The van der Waals surface area contributed by atoms with E-state index in [0.29, 0.717) is 16.5 Å². The Morgan fingerprint density at radius 2 is 1.88 bits per heavy atom. The SMILES string of the molecule is [O-][n+]1c(-c2ccc(Cl)cc2)nc2ccccn21. The van der Waals surface area contributed by atoms with Gasteiger partial charge in [0.05, 0.1) is 11.8 Å². The maximum atomic E-state index is 12.0. The van der Waals surface area contributed by atoms with Crippen molar-refractivity contribution in [2.24, 2.45) is 0 Å². The molecule has 4 nitrogen and oxygen atoms in total. The second kappa shape index (κ2) is 3.75. The van der Waals surface area contributed by atoms with Gasteiger partial charge in [-0.05, 0) is 35.3 Å². The van der Waals surface area contributed by atoms with E-state index in [4.69, 9.17) is 11.6 Å². The molecule has 3 aromatic rings. The standard InChI is InChI=1S/C12H8ClN3O/c13-10-6-4-9(5-7-10)12-14-11-3-1-2-8-15(11)16(12)17/h1-8H. The molecule has 0 atom stereocenters. The summed E-state index contributed by atoms with van der Waals surface area (Å²) in [4.78, 5) is 5.04. The van der Waals surface area contributed by atoms with Crippen molar-refractivity contribution in [1.82, 2.24) is 9.50 Å². The van der Waals surface area contributed by atoms with Crippen LogP contribution < -0.4 is 4.85 Å². The summed E-state index contributed by atoms with van der Waals surface area (Å²) in [5.41, 5.74) is 1.36. The number of hydrogen-bond donors (Lipinski definition) is 0. The van der Waals surface area contributed by atoms with E-state index in [-0.39, 0.29) is 0 Å². The first kappa shape index (κ1) is 10.1. The topological polar surface area (TPSA) is 44.2 Å². The molecule has 3 rings (SSSR count). The molecular weight excluding hydrogens is 238 g/mol. The lowest BCUT2D eigenvalue weighted by Crippen LogP contribution is -2.34. The number of hydrogen-bond acceptors (Lipinski definition) is 2. The van der Waals surface area contributed by atoms with Crippen LogP contribution in [0.2, 0.25) is 5.02 Å². The van der Waals surface area contributed by atoms with Crippen LogP contribution in [0.15, 0.2) is 48.7 Å². The summed E-state index contributed by atoms with van der Waals surface area (Å²) in [7, 11) is 0. The molecule has 0 spiro atoms. The number of fused-ring (bicyclic) bond motifs is 1. The lowest BCUT2D eigenvalue weighted by Gasteiger charge is -2.01. The first-order valence-electron chi connectivity index (χ1n) is 5.08. The predicted molar refractivity (Wildman–Crippen MR) is 64.6 cm³/mol. The fraction of sp³-hybridized carbons (Fsp3) is 0. The molecule has 0 aliphatic heterocycles. The number of benzene rings is 1. The average Bonchev–Trinajstić information content (AvgIpc) is 2.69. The van der Waals surface area contributed by atoms with Crippen molar-refractivity contribution in [3.63, 3.8) is 0 Å². The van der Waals surface area contributed by atoms with Crippen molar-refractivity contribution in [3.05, 3.63) is 58.9 Å². The van der Waals surface area contributed by atoms with Gasteiger partial charge in [-0.3, -0.25) is 0 Å². The molecule has 0 radical (unpaired) electrons. The summed E-state index contributed by atoms with van der Waals surface area (Å²) in [5, 5.41) is 12.6. The molecule has 0 aliphatic rings. The van der Waals surface area contributed by atoms with Gasteiger partial charge in [-0.15, -0.1) is 9.36 Å². The third-order valence-electron chi connectivity index (χ3n) is 2.52. The van der Waals surface area contributed by atoms with Gasteiger partial charge in [0.15, 0.2) is 0 Å². The van der Waals surface area contributed by atoms with Crippen LogP contribution >= 0.6 is 11.6 Å². The number of halogens is 1. The molecule has 0 bridgehead atoms. The molecule has 0 saturated carbocycles. The lowest BCUT2D eigenvalue weighted by atomic mass is 10.2. The molecule has 5 heteroatoms. The third kappa shape index (κ3) is 1.62. The Hall–Kier alpha value is -2.07. The Morgan fingerprint density at radius 3 is 2.59 bits per heavy atom. The molecule has 0 N–H and O–H groups in total. The lowest BCUT2D eigenvalue weighted by molar-refractivity contribution is -0.667. The van der Waals surface area contributed by atoms with Gasteiger partial charge in [-0.25, -0.2) is 0 Å². The van der Waals surface area contributed by atoms with E-state index in [2.05, 4.69) is 4.98 Å². The minimum Gasteiger partial charge on any atom is -0.692 e. The van der Waals surface area contributed by atoms with Crippen molar-refractivity contribution in [2.45, 2.75) is 0 Å². The predicted octanol–water partition coefficient (Wildman–Crippen LogP) is 2.29. The van der Waals surface area contributed by atoms with Crippen molar-refractivity contribution in [1.29, 1.82) is 0 Å². The van der Waals surface area contributed by atoms with Crippen LogP contribution in [-0.4, -0.2) is 9.50 Å². The van der Waals surface area contributed by atoms with Crippen LogP contribution in [0, 0.1) is 5.21 Å². The second-order valence-corrected chi connectivity index (χ2v) is 4.06. The van der Waals surface area contributed by atoms with Crippen molar-refractivity contribution < 1.29 is 4.85 Å². The van der Waals surface area contributed by atoms with Crippen LogP contribution in [0.25, 0.3) is 17.0 Å². The maximum Gasteiger partial charge on any atom is 0.355 e. The van der Waals surface area contributed by atoms with Gasteiger partial charge in [-0.2, -0.15) is 0 Å². The van der Waals surface area contributed by atoms with Crippen LogP contribution in [-0.2, 0) is 0 Å². The monoisotopic (exact) mass is 245 g/mol. The summed E-state index contributed by atoms with van der Waals surface area (Å²) in [6.45, 7) is 0. The van der Waals surface area contributed by atoms with Gasteiger partial charge in [-0.1, -0.05) is 17.7 Å². The van der Waals surface area contributed by atoms with E-state index in [0.717, 1.165) is 10.4 Å². The van der Waals surface area contributed by atoms with Gasteiger partial charge in [0.1, 0.15) is 0 Å². The molecule has 2 heterocycles. The quantitative estimate of drug-likeness (QED) is 0.488. The van der Waals surface area contributed by atoms with E-state index >= 15 is 0 Å². The molecular formula is C12H8ClN3O. The summed E-state index contributed by atoms with van der Waals surface area (Å²) >= 11 is 5.81. The number of pyridine rings is 1. The van der Waals surface area contributed by atoms with E-state index in [1.54, 1.807) is 42.6 Å². The highest BCUT2D eigenvalue weighted by atomic mass is 35.5. The minimum absolute atomic E-state index is 0.368. The molecule has 84 valence electrons. The van der Waals surface area contributed by atoms with Crippen LogP contribution in [0.1, 0.15) is 0 Å². The first-order chi connectivity index (χ1) is 8.25. The highest BCUT2D eigenvalue weighted by molar-refractivity contribution is 6.30. The fourth-order valence-electron chi connectivity index (χ4n) is 1.69. The molecule has 0 fully saturated rings. The summed E-state index contributed by atoms with van der Waals surface area (Å²) in [6, 6.07) is 12.4. The van der Waals surface area contributed by atoms with Crippen LogP contribution in [0.4, 0.5) is 0 Å². The largest absolute Gasteiger partial charge is 0.692 e. The number of aromatic nitrogens is 3. The van der Waals surface area contributed by atoms with Crippen LogP contribution in [0.3, 0.4) is 0 Å². The fourth-order valence-corrected chi connectivity index (χ4v) is 1.82. The highest BCUT2D eigenvalue weighted by Crippen LogP contribution is 2.17. The zero-order chi connectivity index (χ0) is 11.8. The Morgan fingerprint density at radius 1 is 1.12 bits per heavy atom. The molecule has 1 aromatic carbocycles. The maximum absolute atomic E-state index is 12.0. The smallest absolute Gasteiger partial charge is 0.355 e. The van der Waals surface area contributed by atoms with E-state index in [1.807, 2.05) is 6.07 Å². The van der Waals surface area contributed by atoms with Crippen molar-refractivity contribution >= 4 is 17.2 Å². The summed E-state index contributed by atoms with van der Waals surface area (Å²) < 4.78 is 1.45. The normalized spacial score (nSPS) is 10.9. The van der Waals surface area contributed by atoms with Gasteiger partial charge in [0, 0.05) is 11.1 Å². The van der Waals surface area contributed by atoms with Gasteiger partial charge in [0.25, 0.3) is 5.65 Å². The van der Waals surface area contributed by atoms with Crippen molar-refractivity contribution in [2.75, 3.05) is 0 Å². The molecule has 0 saturated heterocycles. The molecule has 17 heavy (non-hydrogen) atoms. The zero-order valence-electron chi connectivity index (χ0n) is 8.75. The van der Waals surface area contributed by atoms with E-state index in [1.165, 1.54) is 4.52 Å². The summed E-state index contributed by atoms with van der Waals surface area (Å²) in [5.74, 6) is 0.368. The number of nitrogens with zero attached hydrogens (tertiary/aromatic N) is 3. The summed E-state index contributed by atoms with van der Waals surface area (Å²) in [6.07, 6.45) is 1.68. The Labute approximate surface area is 102 Å². The molecule has 0 aliphatic carbocycles. The average molecular weight is 246 g/mol. The van der Waals surface area contributed by atoms with Crippen molar-refractivity contribution in [3.8, 4) is 11.4 Å². The Bertz CT molecular complexity index is 676. The van der Waals surface area contributed by atoms with Crippen LogP contribution in [0.5, 0.6) is 0 Å². The van der Waals surface area contributed by atoms with E-state index < -0.39 is 0 Å². The highest BCUT2D eigenvalue weighted by Gasteiger charge is 2.17. The second-order valence-electron chi connectivity index (χ2n) is 3.62. The third-order valence-corrected chi connectivity index (χ3v) is 2.77. The Balaban J connectivity index is 2.24. The minimum atomic E-state index is 0.368. The zero-order valence-corrected chi connectivity index (χ0v) is 9.50. The van der Waals surface area contributed by atoms with Gasteiger partial charge < -0.3 is 5.21 Å². The molecule has 0 unspecified atom stereocenters. The van der Waals surface area contributed by atoms with Gasteiger partial charge >= 0.3 is 5.82 Å².